The van der Waals surface area contributed by atoms with Crippen molar-refractivity contribution in [2.45, 2.75) is 24.9 Å². The number of hydrogen-bond acceptors (Lipinski definition) is 3. The molecule has 3 heteroatoms. The van der Waals surface area contributed by atoms with E-state index in [4.69, 9.17) is 9.47 Å². The van der Waals surface area contributed by atoms with Crippen LogP contribution in [0.4, 0.5) is 0 Å². The van der Waals surface area contributed by atoms with Crippen molar-refractivity contribution in [3.8, 4) is 22.6 Å². The van der Waals surface area contributed by atoms with Gasteiger partial charge in [-0.2, -0.15) is 0 Å². The van der Waals surface area contributed by atoms with E-state index >= 15 is 0 Å². The fourth-order valence-corrected chi connectivity index (χ4v) is 4.98. The summed E-state index contributed by atoms with van der Waals surface area (Å²) in [5, 5.41) is 9.86. The summed E-state index contributed by atoms with van der Waals surface area (Å²) >= 11 is 0. The van der Waals surface area contributed by atoms with Crippen LogP contribution in [-0.2, 0) is 5.41 Å². The quantitative estimate of drug-likeness (QED) is 0.330. The normalized spacial score (nSPS) is 14.3. The lowest BCUT2D eigenvalue weighted by molar-refractivity contribution is 0.104. The van der Waals surface area contributed by atoms with Crippen molar-refractivity contribution < 1.29 is 14.6 Å². The maximum Gasteiger partial charge on any atom is 0.119 e. The van der Waals surface area contributed by atoms with Gasteiger partial charge in [-0.25, -0.2) is 0 Å². The molecule has 3 nitrogen and oxygen atoms in total. The first kappa shape index (κ1) is 21.3. The summed E-state index contributed by atoms with van der Waals surface area (Å²) in [6.45, 7) is 2.25. The van der Waals surface area contributed by atoms with Gasteiger partial charge < -0.3 is 14.6 Å². The lowest BCUT2D eigenvalue weighted by Crippen LogP contribution is -2.28. The van der Waals surface area contributed by atoms with Gasteiger partial charge in [0.25, 0.3) is 0 Å². The molecule has 0 radical (unpaired) electrons. The van der Waals surface area contributed by atoms with Crippen LogP contribution in [0, 0.1) is 0 Å². The number of hydrogen-bond donors (Lipinski definition) is 1. The predicted octanol–water partition coefficient (Wildman–Crippen LogP) is 6.21. The highest BCUT2D eigenvalue weighted by Gasteiger charge is 2.45. The van der Waals surface area contributed by atoms with Gasteiger partial charge in [-0.3, -0.25) is 0 Å². The summed E-state index contributed by atoms with van der Waals surface area (Å²) in [5.41, 5.74) is 6.98. The van der Waals surface area contributed by atoms with Gasteiger partial charge in [0, 0.05) is 0 Å². The highest BCUT2D eigenvalue weighted by Crippen LogP contribution is 2.56. The van der Waals surface area contributed by atoms with Crippen LogP contribution in [0.2, 0.25) is 0 Å². The Morgan fingerprint density at radius 2 is 1.18 bits per heavy atom. The second kappa shape index (κ2) is 8.76. The number of aliphatic hydroxyl groups is 1. The molecule has 0 spiro atoms. The van der Waals surface area contributed by atoms with Crippen LogP contribution < -0.4 is 9.47 Å². The monoisotopic (exact) mass is 436 g/mol. The molecule has 1 N–H and O–H groups in total. The minimum absolute atomic E-state index is 0.297. The molecule has 1 unspecified atom stereocenters. The number of ether oxygens (including phenoxy) is 2. The topological polar surface area (TPSA) is 38.7 Å². The van der Waals surface area contributed by atoms with Crippen LogP contribution in [-0.4, -0.2) is 24.9 Å². The van der Waals surface area contributed by atoms with Crippen molar-refractivity contribution in [3.05, 3.63) is 119 Å². The second-order valence-electron chi connectivity index (χ2n) is 8.47. The lowest BCUT2D eigenvalue weighted by atomic mass is 9.68. The van der Waals surface area contributed by atoms with Crippen LogP contribution in [0.1, 0.15) is 35.6 Å². The highest BCUT2D eigenvalue weighted by molar-refractivity contribution is 5.86. The SMILES string of the molecule is CCC(O)COc1ccc(C2(c3ccc(OC)cc3)c3ccccc3-c3ccccc32)cc1. The van der Waals surface area contributed by atoms with Crippen molar-refractivity contribution in [3.63, 3.8) is 0 Å². The number of fused-ring (bicyclic) bond motifs is 3. The summed E-state index contributed by atoms with van der Waals surface area (Å²) in [6.07, 6.45) is 0.218. The van der Waals surface area contributed by atoms with Crippen LogP contribution in [0.3, 0.4) is 0 Å². The molecule has 0 saturated carbocycles. The summed E-state index contributed by atoms with van der Waals surface area (Å²) < 4.78 is 11.3. The van der Waals surface area contributed by atoms with Gasteiger partial charge in [0.05, 0.1) is 18.6 Å². The van der Waals surface area contributed by atoms with Crippen molar-refractivity contribution in [1.82, 2.24) is 0 Å². The summed E-state index contributed by atoms with van der Waals surface area (Å²) in [4.78, 5) is 0. The van der Waals surface area contributed by atoms with Crippen molar-refractivity contribution in [1.29, 1.82) is 0 Å². The van der Waals surface area contributed by atoms with E-state index in [0.717, 1.165) is 11.5 Å². The Kier molecular flexibility index (Phi) is 5.65. The van der Waals surface area contributed by atoms with E-state index < -0.39 is 11.5 Å². The van der Waals surface area contributed by atoms with Gasteiger partial charge in [-0.15, -0.1) is 0 Å². The van der Waals surface area contributed by atoms with Gasteiger partial charge in [0.2, 0.25) is 0 Å². The Hall–Kier alpha value is -3.56. The lowest BCUT2D eigenvalue weighted by Gasteiger charge is -2.34. The zero-order chi connectivity index (χ0) is 22.8. The van der Waals surface area contributed by atoms with E-state index in [1.165, 1.54) is 33.4 Å². The molecule has 0 aliphatic heterocycles. The van der Waals surface area contributed by atoms with Gasteiger partial charge in [0.15, 0.2) is 0 Å². The number of methoxy groups -OCH3 is 1. The minimum atomic E-state index is -0.455. The third-order valence-corrected chi connectivity index (χ3v) is 6.68. The third-order valence-electron chi connectivity index (χ3n) is 6.68. The summed E-state index contributed by atoms with van der Waals surface area (Å²) in [7, 11) is 1.69. The zero-order valence-corrected chi connectivity index (χ0v) is 19.0. The molecule has 0 heterocycles. The maximum atomic E-state index is 9.86. The summed E-state index contributed by atoms with van der Waals surface area (Å²) in [5.74, 6) is 1.60. The first-order chi connectivity index (χ1) is 16.2. The maximum absolute atomic E-state index is 9.86. The summed E-state index contributed by atoms with van der Waals surface area (Å²) in [6, 6.07) is 34.1. The molecule has 33 heavy (non-hydrogen) atoms. The molecule has 4 aromatic carbocycles. The van der Waals surface area contributed by atoms with Gasteiger partial charge in [-0.05, 0) is 64.1 Å². The Bertz CT molecular complexity index is 1200. The van der Waals surface area contributed by atoms with Crippen LogP contribution in [0.15, 0.2) is 97.1 Å². The first-order valence-electron chi connectivity index (χ1n) is 11.4. The Morgan fingerprint density at radius 3 is 1.67 bits per heavy atom. The van der Waals surface area contributed by atoms with Gasteiger partial charge in [0.1, 0.15) is 18.1 Å². The predicted molar refractivity (Wildman–Crippen MR) is 132 cm³/mol. The smallest absolute Gasteiger partial charge is 0.119 e. The van der Waals surface area contributed by atoms with Crippen LogP contribution in [0.5, 0.6) is 11.5 Å². The van der Waals surface area contributed by atoms with E-state index in [-0.39, 0.29) is 0 Å². The van der Waals surface area contributed by atoms with Crippen molar-refractivity contribution >= 4 is 0 Å². The Morgan fingerprint density at radius 1 is 0.697 bits per heavy atom. The molecular weight excluding hydrogens is 408 g/mol. The number of aliphatic hydroxyl groups excluding tert-OH is 1. The molecule has 4 aromatic rings. The number of rotatable bonds is 7. The van der Waals surface area contributed by atoms with E-state index in [9.17, 15) is 5.11 Å². The standard InChI is InChI=1S/C30H28O3/c1-3-23(31)20-33-25-18-14-22(15-19-25)30(21-12-16-24(32-2)17-13-21)28-10-6-4-8-26(28)27-9-5-7-11-29(27)30/h4-19,23,31H,3,20H2,1-2H3. The fourth-order valence-electron chi connectivity index (χ4n) is 4.98. The molecule has 0 amide bonds. The highest BCUT2D eigenvalue weighted by atomic mass is 16.5. The number of benzene rings is 4. The molecular formula is C30H28O3. The van der Waals surface area contributed by atoms with E-state index in [1.54, 1.807) is 7.11 Å². The van der Waals surface area contributed by atoms with E-state index in [2.05, 4.69) is 72.8 Å². The molecule has 5 rings (SSSR count). The minimum Gasteiger partial charge on any atom is -0.497 e. The molecule has 0 bridgehead atoms. The average molecular weight is 437 g/mol. The average Bonchev–Trinajstić information content (AvgIpc) is 3.19. The molecule has 0 aromatic heterocycles. The van der Waals surface area contributed by atoms with Crippen LogP contribution >= 0.6 is 0 Å². The third kappa shape index (κ3) is 3.49. The Balaban J connectivity index is 1.70. The Labute approximate surface area is 195 Å². The largest absolute Gasteiger partial charge is 0.497 e. The molecule has 1 atom stereocenters. The van der Waals surface area contributed by atoms with Crippen molar-refractivity contribution in [2.24, 2.45) is 0 Å². The van der Waals surface area contributed by atoms with E-state index in [0.29, 0.717) is 13.0 Å². The van der Waals surface area contributed by atoms with Gasteiger partial charge >= 0.3 is 0 Å². The second-order valence-corrected chi connectivity index (χ2v) is 8.47. The van der Waals surface area contributed by atoms with E-state index in [1.807, 2.05) is 31.2 Å². The van der Waals surface area contributed by atoms with Crippen LogP contribution in [0.25, 0.3) is 11.1 Å². The molecule has 1 aliphatic carbocycles. The molecule has 166 valence electrons. The molecule has 0 fully saturated rings. The first-order valence-corrected chi connectivity index (χ1v) is 11.4. The molecule has 1 aliphatic rings. The molecule has 0 saturated heterocycles. The fraction of sp³-hybridized carbons (Fsp3) is 0.200. The van der Waals surface area contributed by atoms with Crippen molar-refractivity contribution in [2.75, 3.05) is 13.7 Å². The zero-order valence-electron chi connectivity index (χ0n) is 19.0. The van der Waals surface area contributed by atoms with Gasteiger partial charge in [-0.1, -0.05) is 79.7 Å².